The van der Waals surface area contributed by atoms with E-state index in [0.717, 1.165) is 11.3 Å². The molecule has 0 heterocycles. The molecular weight excluding hydrogens is 182 g/mol. The Morgan fingerprint density at radius 1 is 1.54 bits per heavy atom. The van der Waals surface area contributed by atoms with Gasteiger partial charge in [-0.15, -0.1) is 11.8 Å². The van der Waals surface area contributed by atoms with E-state index in [1.165, 1.54) is 11.0 Å². The molecule has 0 fully saturated rings. The minimum absolute atomic E-state index is 0.432. The fraction of sp³-hybridized carbons (Fsp3) is 0.300. The predicted molar refractivity (Wildman–Crippen MR) is 54.7 cm³/mol. The van der Waals surface area contributed by atoms with Gasteiger partial charge >= 0.3 is 0 Å². The zero-order valence-electron chi connectivity index (χ0n) is 7.49. The number of hydrogen-bond donors (Lipinski definition) is 0. The molecule has 0 amide bonds. The van der Waals surface area contributed by atoms with Crippen molar-refractivity contribution in [2.45, 2.75) is 18.4 Å². The molecule has 0 radical (unpaired) electrons. The molecule has 0 saturated heterocycles. The molecule has 0 aliphatic carbocycles. The van der Waals surface area contributed by atoms with Crippen LogP contribution >= 0.6 is 11.8 Å². The number of nitrogens with zero attached hydrogens (tertiary/aromatic N) is 1. The van der Waals surface area contributed by atoms with Crippen molar-refractivity contribution in [3.05, 3.63) is 29.8 Å². The Bertz CT molecular complexity index is 318. The van der Waals surface area contributed by atoms with Gasteiger partial charge in [-0.25, -0.2) is 9.79 Å². The second-order valence-electron chi connectivity index (χ2n) is 2.49. The van der Waals surface area contributed by atoms with E-state index in [0.29, 0.717) is 6.54 Å². The Morgan fingerprint density at radius 3 is 3.08 bits per heavy atom. The summed E-state index contributed by atoms with van der Waals surface area (Å²) < 4.78 is 0. The zero-order chi connectivity index (χ0) is 9.52. The van der Waals surface area contributed by atoms with Gasteiger partial charge in [-0.1, -0.05) is 19.1 Å². The average molecular weight is 193 g/mol. The molecule has 0 aliphatic rings. The lowest BCUT2D eigenvalue weighted by molar-refractivity contribution is 0.563. The van der Waals surface area contributed by atoms with Crippen LogP contribution in [0.15, 0.2) is 34.2 Å². The van der Waals surface area contributed by atoms with Crippen LogP contribution < -0.4 is 0 Å². The van der Waals surface area contributed by atoms with Gasteiger partial charge in [0.1, 0.15) is 0 Å². The molecule has 0 aliphatic heterocycles. The SMILES string of the molecule is CCSc1cccc(CN=C=O)c1. The summed E-state index contributed by atoms with van der Waals surface area (Å²) in [6.45, 7) is 2.54. The van der Waals surface area contributed by atoms with E-state index in [2.05, 4.69) is 24.0 Å². The molecule has 0 N–H and O–H groups in total. The maximum absolute atomic E-state index is 9.89. The molecule has 3 heteroatoms. The molecule has 1 aromatic carbocycles. The Labute approximate surface area is 82.1 Å². The first-order valence-corrected chi connectivity index (χ1v) is 5.10. The van der Waals surface area contributed by atoms with Crippen molar-refractivity contribution in [1.29, 1.82) is 0 Å². The highest BCUT2D eigenvalue weighted by Gasteiger charge is 1.94. The highest BCUT2D eigenvalue weighted by molar-refractivity contribution is 7.99. The molecular formula is C10H11NOS. The first kappa shape index (κ1) is 10.0. The van der Waals surface area contributed by atoms with Crippen LogP contribution in [0.2, 0.25) is 0 Å². The van der Waals surface area contributed by atoms with E-state index in [4.69, 9.17) is 0 Å². The second kappa shape index (κ2) is 5.57. The van der Waals surface area contributed by atoms with Crippen molar-refractivity contribution < 1.29 is 4.79 Å². The molecule has 68 valence electrons. The molecule has 2 nitrogen and oxygen atoms in total. The topological polar surface area (TPSA) is 29.4 Å². The number of thioether (sulfide) groups is 1. The van der Waals surface area contributed by atoms with Crippen molar-refractivity contribution in [3.63, 3.8) is 0 Å². The maximum Gasteiger partial charge on any atom is 0.235 e. The molecule has 1 aromatic rings. The van der Waals surface area contributed by atoms with Crippen molar-refractivity contribution in [2.24, 2.45) is 4.99 Å². The maximum atomic E-state index is 9.89. The zero-order valence-corrected chi connectivity index (χ0v) is 8.30. The lowest BCUT2D eigenvalue weighted by atomic mass is 10.2. The van der Waals surface area contributed by atoms with E-state index in [1.807, 2.05) is 12.1 Å². The standard InChI is InChI=1S/C10H11NOS/c1-2-13-10-5-3-4-9(6-10)7-11-8-12/h3-6H,2,7H2,1H3. The van der Waals surface area contributed by atoms with E-state index in [1.54, 1.807) is 11.8 Å². The van der Waals surface area contributed by atoms with Gasteiger partial charge in [-0.3, -0.25) is 0 Å². The van der Waals surface area contributed by atoms with Gasteiger partial charge in [0.2, 0.25) is 6.08 Å². The summed E-state index contributed by atoms with van der Waals surface area (Å²) in [4.78, 5) is 14.6. The van der Waals surface area contributed by atoms with Gasteiger partial charge in [0.15, 0.2) is 0 Å². The van der Waals surface area contributed by atoms with Gasteiger partial charge in [0.05, 0.1) is 6.54 Å². The molecule has 0 aromatic heterocycles. The molecule has 1 rings (SSSR count). The van der Waals surface area contributed by atoms with Crippen molar-refractivity contribution in [3.8, 4) is 0 Å². The number of rotatable bonds is 4. The molecule has 0 bridgehead atoms. The minimum Gasteiger partial charge on any atom is -0.211 e. The van der Waals surface area contributed by atoms with Crippen LogP contribution in [0.1, 0.15) is 12.5 Å². The summed E-state index contributed by atoms with van der Waals surface area (Å²) >= 11 is 1.78. The first-order valence-electron chi connectivity index (χ1n) is 4.12. The quantitative estimate of drug-likeness (QED) is 0.418. The Morgan fingerprint density at radius 2 is 2.38 bits per heavy atom. The summed E-state index contributed by atoms with van der Waals surface area (Å²) in [5, 5.41) is 0. The van der Waals surface area contributed by atoms with E-state index < -0.39 is 0 Å². The highest BCUT2D eigenvalue weighted by Crippen LogP contribution is 2.18. The summed E-state index contributed by atoms with van der Waals surface area (Å²) in [5.74, 6) is 1.06. The van der Waals surface area contributed by atoms with Crippen LogP contribution in [-0.2, 0) is 11.3 Å². The van der Waals surface area contributed by atoms with Crippen molar-refractivity contribution >= 4 is 17.8 Å². The molecule has 0 atom stereocenters. The summed E-state index contributed by atoms with van der Waals surface area (Å²) in [7, 11) is 0. The van der Waals surface area contributed by atoms with Gasteiger partial charge in [0.25, 0.3) is 0 Å². The lowest BCUT2D eigenvalue weighted by Gasteiger charge is -2.00. The van der Waals surface area contributed by atoms with Crippen molar-refractivity contribution in [1.82, 2.24) is 0 Å². The van der Waals surface area contributed by atoms with Crippen LogP contribution in [0.25, 0.3) is 0 Å². The van der Waals surface area contributed by atoms with Gasteiger partial charge in [0, 0.05) is 4.90 Å². The van der Waals surface area contributed by atoms with E-state index >= 15 is 0 Å². The van der Waals surface area contributed by atoms with Crippen LogP contribution in [0.5, 0.6) is 0 Å². The number of aliphatic imine (C=N–C) groups is 1. The molecule has 13 heavy (non-hydrogen) atoms. The fourth-order valence-corrected chi connectivity index (χ4v) is 1.77. The fourth-order valence-electron chi connectivity index (χ4n) is 1.02. The summed E-state index contributed by atoms with van der Waals surface area (Å²) in [6.07, 6.45) is 1.54. The molecule has 0 unspecified atom stereocenters. The molecule has 0 spiro atoms. The number of hydrogen-bond acceptors (Lipinski definition) is 3. The largest absolute Gasteiger partial charge is 0.235 e. The highest BCUT2D eigenvalue weighted by atomic mass is 32.2. The van der Waals surface area contributed by atoms with Gasteiger partial charge in [-0.2, -0.15) is 0 Å². The first-order chi connectivity index (χ1) is 6.36. The van der Waals surface area contributed by atoms with E-state index in [9.17, 15) is 4.79 Å². The monoisotopic (exact) mass is 193 g/mol. The average Bonchev–Trinajstić information content (AvgIpc) is 2.16. The van der Waals surface area contributed by atoms with Gasteiger partial charge < -0.3 is 0 Å². The lowest BCUT2D eigenvalue weighted by Crippen LogP contribution is -1.81. The number of isocyanates is 1. The third-order valence-corrected chi connectivity index (χ3v) is 2.41. The smallest absolute Gasteiger partial charge is 0.211 e. The predicted octanol–water partition coefficient (Wildman–Crippen LogP) is 2.63. The molecule has 0 saturated carbocycles. The normalized spacial score (nSPS) is 9.31. The van der Waals surface area contributed by atoms with Crippen LogP contribution in [0.3, 0.4) is 0 Å². The summed E-state index contributed by atoms with van der Waals surface area (Å²) in [6, 6.07) is 8.05. The number of benzene rings is 1. The third-order valence-electron chi connectivity index (χ3n) is 1.54. The third kappa shape index (κ3) is 3.45. The Kier molecular flexibility index (Phi) is 4.30. The van der Waals surface area contributed by atoms with Crippen LogP contribution in [0, 0.1) is 0 Å². The Balaban J connectivity index is 2.72. The van der Waals surface area contributed by atoms with Crippen LogP contribution in [-0.4, -0.2) is 11.8 Å². The second-order valence-corrected chi connectivity index (χ2v) is 3.83. The van der Waals surface area contributed by atoms with Crippen molar-refractivity contribution in [2.75, 3.05) is 5.75 Å². The number of carbonyl (C=O) groups excluding carboxylic acids is 1. The minimum atomic E-state index is 0.432. The Hall–Kier alpha value is -1.05. The van der Waals surface area contributed by atoms with Gasteiger partial charge in [-0.05, 0) is 23.4 Å². The summed E-state index contributed by atoms with van der Waals surface area (Å²) in [5.41, 5.74) is 1.06. The van der Waals surface area contributed by atoms with Crippen LogP contribution in [0.4, 0.5) is 0 Å². The van der Waals surface area contributed by atoms with E-state index in [-0.39, 0.29) is 0 Å².